The molecule has 4 aliphatic rings. The minimum atomic E-state index is 0.236. The zero-order valence-electron chi connectivity index (χ0n) is 12.0. The second-order valence-corrected chi connectivity index (χ2v) is 9.22. The van der Waals surface area contributed by atoms with Crippen LogP contribution in [0.1, 0.15) is 56.4 Å². The quantitative estimate of drug-likeness (QED) is 0.636. The molecule has 1 aromatic rings. The van der Waals surface area contributed by atoms with E-state index in [0.717, 1.165) is 16.9 Å². The summed E-state index contributed by atoms with van der Waals surface area (Å²) in [6.07, 6.45) is 8.30. The number of hydrazine groups is 1. The molecule has 4 bridgehead atoms. The summed E-state index contributed by atoms with van der Waals surface area (Å²) in [4.78, 5) is 1.25. The second kappa shape index (κ2) is 4.45. The highest BCUT2D eigenvalue weighted by Gasteiger charge is 2.58. The molecule has 0 aromatic carbocycles. The van der Waals surface area contributed by atoms with E-state index in [4.69, 9.17) is 17.4 Å². The van der Waals surface area contributed by atoms with Gasteiger partial charge in [0.05, 0.1) is 11.1 Å². The summed E-state index contributed by atoms with van der Waals surface area (Å²) in [5, 5.41) is 2.98. The van der Waals surface area contributed by atoms with Gasteiger partial charge in [-0.05, 0) is 72.6 Å². The summed E-state index contributed by atoms with van der Waals surface area (Å²) in [7, 11) is 0. The molecule has 0 amide bonds. The Morgan fingerprint density at radius 1 is 1.35 bits per heavy atom. The van der Waals surface area contributed by atoms with Crippen LogP contribution >= 0.6 is 22.9 Å². The summed E-state index contributed by atoms with van der Waals surface area (Å²) in [5.41, 5.74) is 4.03. The van der Waals surface area contributed by atoms with Gasteiger partial charge in [-0.1, -0.05) is 18.5 Å². The Hall–Kier alpha value is -0.0900. The standard InChI is InChI=1S/C16H23ClN2S/c1-15-5-10-4-11(6-15)8-16(7-10,9-15)14(19-18)13-12(17)2-3-20-13/h2-3,10-11,14,19H,4-9,18H2,1H3. The highest BCUT2D eigenvalue weighted by Crippen LogP contribution is 2.68. The van der Waals surface area contributed by atoms with Gasteiger partial charge in [0.25, 0.3) is 0 Å². The van der Waals surface area contributed by atoms with Crippen LogP contribution in [0, 0.1) is 22.7 Å². The van der Waals surface area contributed by atoms with E-state index < -0.39 is 0 Å². The van der Waals surface area contributed by atoms with E-state index in [1.54, 1.807) is 11.3 Å². The summed E-state index contributed by atoms with van der Waals surface area (Å²) < 4.78 is 0. The van der Waals surface area contributed by atoms with Crippen LogP contribution in [0.25, 0.3) is 0 Å². The number of nitrogens with two attached hydrogens (primary N) is 1. The topological polar surface area (TPSA) is 38.0 Å². The van der Waals surface area contributed by atoms with Gasteiger partial charge >= 0.3 is 0 Å². The van der Waals surface area contributed by atoms with Crippen LogP contribution in [0.3, 0.4) is 0 Å². The van der Waals surface area contributed by atoms with Gasteiger partial charge < -0.3 is 0 Å². The summed E-state index contributed by atoms with van der Waals surface area (Å²) in [6.45, 7) is 2.50. The molecule has 4 heteroatoms. The third kappa shape index (κ3) is 1.90. The van der Waals surface area contributed by atoms with E-state index >= 15 is 0 Å². The molecule has 1 heterocycles. The van der Waals surface area contributed by atoms with Gasteiger partial charge in [0.2, 0.25) is 0 Å². The van der Waals surface area contributed by atoms with Gasteiger partial charge in [0, 0.05) is 4.88 Å². The summed E-state index contributed by atoms with van der Waals surface area (Å²) in [6, 6.07) is 2.24. The fourth-order valence-electron chi connectivity index (χ4n) is 6.18. The predicted octanol–water partition coefficient (Wildman–Crippen LogP) is 4.51. The Balaban J connectivity index is 1.74. The molecule has 4 aliphatic carbocycles. The van der Waals surface area contributed by atoms with E-state index in [2.05, 4.69) is 17.7 Å². The number of thiophene rings is 1. The Morgan fingerprint density at radius 2 is 2.05 bits per heavy atom. The zero-order chi connectivity index (χ0) is 14.0. The SMILES string of the molecule is CC12CC3CC(C1)CC(C(NN)c1sccc1Cl)(C3)C2. The van der Waals surface area contributed by atoms with Gasteiger partial charge in [-0.25, -0.2) is 0 Å². The summed E-state index contributed by atoms with van der Waals surface area (Å²) >= 11 is 8.16. The van der Waals surface area contributed by atoms with E-state index in [1.807, 2.05) is 6.07 Å². The first-order valence-corrected chi connectivity index (χ1v) is 8.98. The van der Waals surface area contributed by atoms with Gasteiger partial charge in [-0.15, -0.1) is 11.3 Å². The lowest BCUT2D eigenvalue weighted by molar-refractivity contribution is -0.118. The van der Waals surface area contributed by atoms with Crippen molar-refractivity contribution in [3.63, 3.8) is 0 Å². The molecule has 110 valence electrons. The van der Waals surface area contributed by atoms with E-state index in [-0.39, 0.29) is 6.04 Å². The summed E-state index contributed by atoms with van der Waals surface area (Å²) in [5.74, 6) is 7.82. The molecule has 3 atom stereocenters. The van der Waals surface area contributed by atoms with Crippen LogP contribution in [-0.2, 0) is 0 Å². The minimum absolute atomic E-state index is 0.236. The maximum atomic E-state index is 6.40. The van der Waals surface area contributed by atoms with E-state index in [1.165, 1.54) is 43.4 Å². The lowest BCUT2D eigenvalue weighted by atomic mass is 9.43. The number of rotatable bonds is 3. The van der Waals surface area contributed by atoms with Crippen molar-refractivity contribution >= 4 is 22.9 Å². The van der Waals surface area contributed by atoms with Crippen molar-refractivity contribution < 1.29 is 0 Å². The van der Waals surface area contributed by atoms with Gasteiger partial charge in [0.15, 0.2) is 0 Å². The Labute approximate surface area is 130 Å². The average molecular weight is 311 g/mol. The molecule has 4 fully saturated rings. The highest BCUT2D eigenvalue weighted by atomic mass is 35.5. The van der Waals surface area contributed by atoms with Gasteiger partial charge in [-0.3, -0.25) is 11.3 Å². The normalized spacial score (nSPS) is 44.0. The number of hydrogen-bond donors (Lipinski definition) is 2. The smallest absolute Gasteiger partial charge is 0.0624 e. The Bertz CT molecular complexity index is 512. The van der Waals surface area contributed by atoms with Crippen LogP contribution < -0.4 is 11.3 Å². The first-order valence-electron chi connectivity index (χ1n) is 7.73. The van der Waals surface area contributed by atoms with Crippen LogP contribution in [0.2, 0.25) is 5.02 Å². The van der Waals surface area contributed by atoms with E-state index in [0.29, 0.717) is 10.8 Å². The van der Waals surface area contributed by atoms with Crippen LogP contribution in [0.5, 0.6) is 0 Å². The fourth-order valence-corrected chi connectivity index (χ4v) is 7.54. The van der Waals surface area contributed by atoms with Crippen LogP contribution in [0.4, 0.5) is 0 Å². The van der Waals surface area contributed by atoms with Crippen molar-refractivity contribution in [2.45, 2.75) is 51.5 Å². The first-order chi connectivity index (χ1) is 9.54. The highest BCUT2D eigenvalue weighted by molar-refractivity contribution is 7.10. The molecule has 3 N–H and O–H groups in total. The lowest BCUT2D eigenvalue weighted by Gasteiger charge is -2.63. The molecule has 2 nitrogen and oxygen atoms in total. The van der Waals surface area contributed by atoms with Gasteiger partial charge in [-0.2, -0.15) is 0 Å². The maximum absolute atomic E-state index is 6.40. The molecule has 0 saturated heterocycles. The van der Waals surface area contributed by atoms with Crippen molar-refractivity contribution in [3.05, 3.63) is 21.3 Å². The van der Waals surface area contributed by atoms with Crippen molar-refractivity contribution in [2.24, 2.45) is 28.5 Å². The van der Waals surface area contributed by atoms with Crippen molar-refractivity contribution in [1.29, 1.82) is 0 Å². The van der Waals surface area contributed by atoms with Crippen molar-refractivity contribution in [3.8, 4) is 0 Å². The molecule has 1 aromatic heterocycles. The first kappa shape index (κ1) is 13.6. The number of halogens is 1. The van der Waals surface area contributed by atoms with E-state index in [9.17, 15) is 0 Å². The molecule has 0 spiro atoms. The van der Waals surface area contributed by atoms with Crippen LogP contribution in [0.15, 0.2) is 11.4 Å². The molecule has 4 saturated carbocycles. The lowest BCUT2D eigenvalue weighted by Crippen LogP contribution is -2.56. The molecular weight excluding hydrogens is 288 g/mol. The average Bonchev–Trinajstić information content (AvgIpc) is 2.73. The molecule has 0 aliphatic heterocycles. The molecule has 20 heavy (non-hydrogen) atoms. The number of nitrogens with one attached hydrogen (secondary N) is 1. The minimum Gasteiger partial charge on any atom is -0.271 e. The Kier molecular flexibility index (Phi) is 3.02. The molecule has 0 radical (unpaired) electrons. The fraction of sp³-hybridized carbons (Fsp3) is 0.750. The van der Waals surface area contributed by atoms with Gasteiger partial charge in [0.1, 0.15) is 0 Å². The third-order valence-electron chi connectivity index (χ3n) is 6.08. The largest absolute Gasteiger partial charge is 0.271 e. The van der Waals surface area contributed by atoms with Crippen molar-refractivity contribution in [2.75, 3.05) is 0 Å². The molecule has 3 unspecified atom stereocenters. The monoisotopic (exact) mass is 310 g/mol. The Morgan fingerprint density at radius 3 is 2.55 bits per heavy atom. The zero-order valence-corrected chi connectivity index (χ0v) is 13.6. The molecular formula is C16H23ClN2S. The number of hydrogen-bond acceptors (Lipinski definition) is 3. The second-order valence-electron chi connectivity index (χ2n) is 7.87. The maximum Gasteiger partial charge on any atom is 0.0624 e. The van der Waals surface area contributed by atoms with Crippen LogP contribution in [-0.4, -0.2) is 0 Å². The molecule has 5 rings (SSSR count). The van der Waals surface area contributed by atoms with Crippen molar-refractivity contribution in [1.82, 2.24) is 5.43 Å². The predicted molar refractivity (Wildman–Crippen MR) is 84.6 cm³/mol. The third-order valence-corrected chi connectivity index (χ3v) is 7.51.